The van der Waals surface area contributed by atoms with Gasteiger partial charge in [0, 0.05) is 18.8 Å². The standard InChI is InChI=1S/C18H19FN6O/c1-12-9-13(2)25(24-12)17-11-20-10-16(23-17)21-7-8-22-18(26)14-5-3-4-6-15(14)19/h3-6,9-11H,7-8H2,1-2H3,(H,21,23)(H,22,26). The third kappa shape index (κ3) is 4.02. The van der Waals surface area contributed by atoms with E-state index in [1.54, 1.807) is 29.2 Å². The quantitative estimate of drug-likeness (QED) is 0.663. The molecule has 0 aliphatic carbocycles. The van der Waals surface area contributed by atoms with Crippen molar-refractivity contribution in [3.05, 3.63) is 65.5 Å². The summed E-state index contributed by atoms with van der Waals surface area (Å²) in [6, 6.07) is 7.83. The zero-order valence-electron chi connectivity index (χ0n) is 14.5. The molecule has 0 saturated heterocycles. The summed E-state index contributed by atoms with van der Waals surface area (Å²) in [5.41, 5.74) is 1.89. The lowest BCUT2D eigenvalue weighted by atomic mass is 10.2. The van der Waals surface area contributed by atoms with E-state index < -0.39 is 11.7 Å². The average Bonchev–Trinajstić information content (AvgIpc) is 2.97. The molecule has 0 fully saturated rings. The summed E-state index contributed by atoms with van der Waals surface area (Å²) in [6.45, 7) is 4.60. The van der Waals surface area contributed by atoms with Crippen LogP contribution in [0.15, 0.2) is 42.7 Å². The number of benzene rings is 1. The largest absolute Gasteiger partial charge is 0.367 e. The Bertz CT molecular complexity index is 924. The number of amides is 1. The zero-order valence-corrected chi connectivity index (χ0v) is 14.5. The maximum Gasteiger partial charge on any atom is 0.254 e. The van der Waals surface area contributed by atoms with E-state index in [1.807, 2.05) is 19.9 Å². The van der Waals surface area contributed by atoms with Crippen LogP contribution in [-0.2, 0) is 0 Å². The lowest BCUT2D eigenvalue weighted by molar-refractivity contribution is 0.0951. The molecule has 2 aromatic heterocycles. The second kappa shape index (κ2) is 7.73. The number of hydrogen-bond acceptors (Lipinski definition) is 5. The molecule has 3 aromatic rings. The minimum absolute atomic E-state index is 0.0267. The summed E-state index contributed by atoms with van der Waals surface area (Å²) < 4.78 is 15.3. The van der Waals surface area contributed by atoms with Gasteiger partial charge in [-0.25, -0.2) is 14.1 Å². The first-order valence-corrected chi connectivity index (χ1v) is 8.17. The number of aryl methyl sites for hydroxylation is 2. The Morgan fingerprint density at radius 2 is 2.00 bits per heavy atom. The van der Waals surface area contributed by atoms with Crippen molar-refractivity contribution < 1.29 is 9.18 Å². The number of aromatic nitrogens is 4. The molecule has 0 radical (unpaired) electrons. The minimum Gasteiger partial charge on any atom is -0.367 e. The van der Waals surface area contributed by atoms with Crippen LogP contribution in [0.1, 0.15) is 21.7 Å². The number of hydrogen-bond donors (Lipinski definition) is 2. The van der Waals surface area contributed by atoms with Gasteiger partial charge < -0.3 is 10.6 Å². The van der Waals surface area contributed by atoms with Gasteiger partial charge in [0.05, 0.1) is 23.7 Å². The van der Waals surface area contributed by atoms with E-state index in [1.165, 1.54) is 12.1 Å². The highest BCUT2D eigenvalue weighted by Gasteiger charge is 2.10. The van der Waals surface area contributed by atoms with Crippen molar-refractivity contribution >= 4 is 11.7 Å². The lowest BCUT2D eigenvalue weighted by Gasteiger charge is -2.09. The summed E-state index contributed by atoms with van der Waals surface area (Å²) in [5, 5.41) is 10.1. The highest BCUT2D eigenvalue weighted by atomic mass is 19.1. The molecule has 0 unspecified atom stereocenters. The number of carbonyl (C=O) groups excluding carboxylic acids is 1. The van der Waals surface area contributed by atoms with Crippen molar-refractivity contribution in [3.63, 3.8) is 0 Å². The van der Waals surface area contributed by atoms with Gasteiger partial charge in [-0.2, -0.15) is 5.10 Å². The van der Waals surface area contributed by atoms with Gasteiger partial charge in [-0.1, -0.05) is 12.1 Å². The monoisotopic (exact) mass is 354 g/mol. The van der Waals surface area contributed by atoms with E-state index in [0.717, 1.165) is 11.4 Å². The van der Waals surface area contributed by atoms with E-state index in [4.69, 9.17) is 0 Å². The van der Waals surface area contributed by atoms with Crippen LogP contribution in [0.4, 0.5) is 10.2 Å². The van der Waals surface area contributed by atoms with E-state index >= 15 is 0 Å². The fourth-order valence-corrected chi connectivity index (χ4v) is 2.51. The molecule has 7 nitrogen and oxygen atoms in total. The molecule has 26 heavy (non-hydrogen) atoms. The van der Waals surface area contributed by atoms with Crippen molar-refractivity contribution in [3.8, 4) is 5.82 Å². The molecule has 1 amide bonds. The van der Waals surface area contributed by atoms with Crippen molar-refractivity contribution in [2.45, 2.75) is 13.8 Å². The Morgan fingerprint density at radius 3 is 2.73 bits per heavy atom. The van der Waals surface area contributed by atoms with Gasteiger partial charge in [0.2, 0.25) is 0 Å². The van der Waals surface area contributed by atoms with Gasteiger partial charge in [-0.3, -0.25) is 9.78 Å². The third-order valence-corrected chi connectivity index (χ3v) is 3.68. The highest BCUT2D eigenvalue weighted by molar-refractivity contribution is 5.94. The average molecular weight is 354 g/mol. The first-order valence-electron chi connectivity index (χ1n) is 8.17. The fourth-order valence-electron chi connectivity index (χ4n) is 2.51. The van der Waals surface area contributed by atoms with E-state index in [2.05, 4.69) is 25.7 Å². The number of halogens is 1. The van der Waals surface area contributed by atoms with Crippen molar-refractivity contribution in [2.75, 3.05) is 18.4 Å². The molecule has 2 N–H and O–H groups in total. The summed E-state index contributed by atoms with van der Waals surface area (Å²) in [4.78, 5) is 20.6. The molecule has 134 valence electrons. The van der Waals surface area contributed by atoms with Crippen LogP contribution in [0.25, 0.3) is 5.82 Å². The van der Waals surface area contributed by atoms with Crippen molar-refractivity contribution in [1.29, 1.82) is 0 Å². The Morgan fingerprint density at radius 1 is 1.19 bits per heavy atom. The molecule has 0 spiro atoms. The maximum absolute atomic E-state index is 13.6. The number of anilines is 1. The number of rotatable bonds is 6. The van der Waals surface area contributed by atoms with Crippen LogP contribution >= 0.6 is 0 Å². The zero-order chi connectivity index (χ0) is 18.5. The van der Waals surface area contributed by atoms with Crippen LogP contribution in [0.3, 0.4) is 0 Å². The van der Waals surface area contributed by atoms with Crippen LogP contribution in [-0.4, -0.2) is 38.7 Å². The summed E-state index contributed by atoms with van der Waals surface area (Å²) >= 11 is 0. The molecule has 0 saturated carbocycles. The second-order valence-electron chi connectivity index (χ2n) is 5.76. The fraction of sp³-hybridized carbons (Fsp3) is 0.222. The molecule has 2 heterocycles. The van der Waals surface area contributed by atoms with Crippen molar-refractivity contribution in [1.82, 2.24) is 25.1 Å². The number of carbonyl (C=O) groups is 1. The Balaban J connectivity index is 1.56. The maximum atomic E-state index is 13.6. The van der Waals surface area contributed by atoms with Crippen LogP contribution < -0.4 is 10.6 Å². The number of nitrogens with zero attached hydrogens (tertiary/aromatic N) is 4. The Hall–Kier alpha value is -3.29. The molecule has 0 atom stereocenters. The predicted octanol–water partition coefficient (Wildman–Crippen LogP) is 2.26. The van der Waals surface area contributed by atoms with Crippen LogP contribution in [0.5, 0.6) is 0 Å². The van der Waals surface area contributed by atoms with Crippen LogP contribution in [0.2, 0.25) is 0 Å². The Labute approximate surface area is 150 Å². The second-order valence-corrected chi connectivity index (χ2v) is 5.76. The molecular formula is C18H19FN6O. The van der Waals surface area contributed by atoms with E-state index in [0.29, 0.717) is 24.7 Å². The third-order valence-electron chi connectivity index (χ3n) is 3.68. The predicted molar refractivity (Wildman–Crippen MR) is 95.9 cm³/mol. The Kier molecular flexibility index (Phi) is 5.21. The molecular weight excluding hydrogens is 335 g/mol. The lowest BCUT2D eigenvalue weighted by Crippen LogP contribution is -2.29. The van der Waals surface area contributed by atoms with Gasteiger partial charge in [0.15, 0.2) is 5.82 Å². The summed E-state index contributed by atoms with van der Waals surface area (Å²) in [5.74, 6) is 0.181. The first kappa shape index (κ1) is 17.5. The highest BCUT2D eigenvalue weighted by Crippen LogP contribution is 2.11. The van der Waals surface area contributed by atoms with Gasteiger partial charge in [0.1, 0.15) is 11.6 Å². The van der Waals surface area contributed by atoms with Crippen LogP contribution in [0, 0.1) is 19.7 Å². The van der Waals surface area contributed by atoms with Crippen molar-refractivity contribution in [2.24, 2.45) is 0 Å². The summed E-state index contributed by atoms with van der Waals surface area (Å²) in [7, 11) is 0. The molecule has 1 aromatic carbocycles. The minimum atomic E-state index is -0.540. The molecule has 0 aliphatic rings. The molecule has 8 heteroatoms. The van der Waals surface area contributed by atoms with Gasteiger partial charge in [-0.15, -0.1) is 0 Å². The van der Waals surface area contributed by atoms with E-state index in [-0.39, 0.29) is 5.56 Å². The first-order chi connectivity index (χ1) is 12.5. The van der Waals surface area contributed by atoms with E-state index in [9.17, 15) is 9.18 Å². The SMILES string of the molecule is Cc1cc(C)n(-c2cncc(NCCNC(=O)c3ccccc3F)n2)n1. The van der Waals surface area contributed by atoms with Gasteiger partial charge >= 0.3 is 0 Å². The smallest absolute Gasteiger partial charge is 0.254 e. The molecule has 3 rings (SSSR count). The summed E-state index contributed by atoms with van der Waals surface area (Å²) in [6.07, 6.45) is 3.22. The topological polar surface area (TPSA) is 84.7 Å². The van der Waals surface area contributed by atoms with Gasteiger partial charge in [-0.05, 0) is 32.0 Å². The molecule has 0 bridgehead atoms. The molecule has 0 aliphatic heterocycles. The number of nitrogens with one attached hydrogen (secondary N) is 2. The van der Waals surface area contributed by atoms with Gasteiger partial charge in [0.25, 0.3) is 5.91 Å². The normalized spacial score (nSPS) is 10.6.